The van der Waals surface area contributed by atoms with Crippen molar-refractivity contribution in [3.8, 4) is 5.75 Å². The average molecular weight is 241 g/mol. The molecule has 0 bridgehead atoms. The number of nitrogens with zero attached hydrogens (tertiary/aromatic N) is 1. The minimum absolute atomic E-state index is 0.166. The normalized spacial score (nSPS) is 14.7. The Kier molecular flexibility index (Phi) is 2.74. The molecule has 0 atom stereocenters. The molecule has 3 heteroatoms. The molecule has 0 amide bonds. The summed E-state index contributed by atoms with van der Waals surface area (Å²) in [5.74, 6) is 1.15. The van der Waals surface area contributed by atoms with E-state index in [0.717, 1.165) is 29.4 Å². The van der Waals surface area contributed by atoms with E-state index >= 15 is 0 Å². The second-order valence-corrected chi connectivity index (χ2v) is 4.81. The summed E-state index contributed by atoms with van der Waals surface area (Å²) in [7, 11) is 0. The van der Waals surface area contributed by atoms with E-state index in [-0.39, 0.29) is 18.3 Å². The van der Waals surface area contributed by atoms with Crippen LogP contribution in [0.1, 0.15) is 18.5 Å². The average Bonchev–Trinajstić information content (AvgIpc) is 3.20. The number of ketones is 1. The summed E-state index contributed by atoms with van der Waals surface area (Å²) in [5.41, 5.74) is 1.79. The number of carbonyl (C=O) groups is 1. The maximum absolute atomic E-state index is 11.6. The van der Waals surface area contributed by atoms with Crippen LogP contribution in [0.2, 0.25) is 0 Å². The summed E-state index contributed by atoms with van der Waals surface area (Å²) >= 11 is 0. The molecule has 1 aromatic heterocycles. The van der Waals surface area contributed by atoms with E-state index in [1.54, 1.807) is 0 Å². The summed E-state index contributed by atoms with van der Waals surface area (Å²) in [5, 5.41) is 1.04. The number of hydrogen-bond donors (Lipinski definition) is 0. The van der Waals surface area contributed by atoms with Gasteiger partial charge in [-0.25, -0.2) is 4.98 Å². The van der Waals surface area contributed by atoms with E-state index in [9.17, 15) is 4.79 Å². The Morgan fingerprint density at radius 2 is 2.17 bits per heavy atom. The molecule has 0 saturated heterocycles. The predicted octanol–water partition coefficient (Wildman–Crippen LogP) is 2.90. The molecule has 3 nitrogen and oxygen atoms in total. The number of carbonyl (C=O) groups excluding carboxylic acids is 1. The highest BCUT2D eigenvalue weighted by molar-refractivity contribution is 5.87. The van der Waals surface area contributed by atoms with Gasteiger partial charge in [-0.1, -0.05) is 18.2 Å². The van der Waals surface area contributed by atoms with Crippen LogP contribution in [0.5, 0.6) is 5.75 Å². The number of hydrogen-bond acceptors (Lipinski definition) is 3. The zero-order valence-corrected chi connectivity index (χ0v) is 10.3. The zero-order valence-electron chi connectivity index (χ0n) is 10.3. The minimum Gasteiger partial charge on any atom is -0.484 e. The Morgan fingerprint density at radius 1 is 1.33 bits per heavy atom. The molecule has 0 aliphatic heterocycles. The quantitative estimate of drug-likeness (QED) is 0.826. The van der Waals surface area contributed by atoms with Crippen LogP contribution in [-0.4, -0.2) is 17.4 Å². The Morgan fingerprint density at radius 3 is 2.94 bits per heavy atom. The van der Waals surface area contributed by atoms with Crippen molar-refractivity contribution < 1.29 is 9.53 Å². The molecule has 0 N–H and O–H groups in total. The molecule has 0 spiro atoms. The SMILES string of the molecule is Cc1ccc2cccc(OCC(=O)C3CC3)c2n1. The Bertz CT molecular complexity index is 602. The van der Waals surface area contributed by atoms with E-state index in [1.807, 2.05) is 37.3 Å². The van der Waals surface area contributed by atoms with Crippen molar-refractivity contribution in [3.63, 3.8) is 0 Å². The second-order valence-electron chi connectivity index (χ2n) is 4.81. The number of pyridine rings is 1. The highest BCUT2D eigenvalue weighted by atomic mass is 16.5. The van der Waals surface area contributed by atoms with Gasteiger partial charge in [0.1, 0.15) is 17.9 Å². The first-order valence-electron chi connectivity index (χ1n) is 6.26. The summed E-state index contributed by atoms with van der Waals surface area (Å²) < 4.78 is 5.63. The number of fused-ring (bicyclic) bond motifs is 1. The van der Waals surface area contributed by atoms with Gasteiger partial charge >= 0.3 is 0 Å². The predicted molar refractivity (Wildman–Crippen MR) is 69.7 cm³/mol. The third-order valence-electron chi connectivity index (χ3n) is 3.23. The van der Waals surface area contributed by atoms with Crippen LogP contribution >= 0.6 is 0 Å². The van der Waals surface area contributed by atoms with Crippen LogP contribution in [0.15, 0.2) is 30.3 Å². The summed E-state index contributed by atoms with van der Waals surface area (Å²) in [6, 6.07) is 9.79. The number of rotatable bonds is 4. The number of Topliss-reactive ketones (excluding diaryl/α,β-unsaturated/α-hetero) is 1. The first-order chi connectivity index (χ1) is 8.74. The van der Waals surface area contributed by atoms with Crippen molar-refractivity contribution in [3.05, 3.63) is 36.0 Å². The van der Waals surface area contributed by atoms with Crippen LogP contribution in [0, 0.1) is 12.8 Å². The van der Waals surface area contributed by atoms with Gasteiger partial charge in [0.05, 0.1) is 0 Å². The molecule has 92 valence electrons. The molecule has 1 aliphatic rings. The number of benzene rings is 1. The molecule has 0 unspecified atom stereocenters. The van der Waals surface area contributed by atoms with E-state index in [0.29, 0.717) is 5.75 Å². The fourth-order valence-corrected chi connectivity index (χ4v) is 2.01. The number of aryl methyl sites for hydroxylation is 1. The van der Waals surface area contributed by atoms with Gasteiger partial charge in [-0.05, 0) is 31.9 Å². The van der Waals surface area contributed by atoms with Gasteiger partial charge in [-0.2, -0.15) is 0 Å². The lowest BCUT2D eigenvalue weighted by molar-refractivity contribution is -0.122. The monoisotopic (exact) mass is 241 g/mol. The van der Waals surface area contributed by atoms with Crippen molar-refractivity contribution in [2.75, 3.05) is 6.61 Å². The molecule has 1 heterocycles. The highest BCUT2D eigenvalue weighted by Gasteiger charge is 2.29. The largest absolute Gasteiger partial charge is 0.484 e. The molecule has 3 rings (SSSR count). The first-order valence-corrected chi connectivity index (χ1v) is 6.26. The van der Waals surface area contributed by atoms with Crippen molar-refractivity contribution in [1.82, 2.24) is 4.98 Å². The zero-order chi connectivity index (χ0) is 12.5. The molecule has 1 aromatic carbocycles. The van der Waals surface area contributed by atoms with Gasteiger partial charge in [0, 0.05) is 17.0 Å². The Labute approximate surface area is 106 Å². The van der Waals surface area contributed by atoms with Gasteiger partial charge in [0.2, 0.25) is 0 Å². The Balaban J connectivity index is 1.86. The Hall–Kier alpha value is -1.90. The topological polar surface area (TPSA) is 39.2 Å². The molecule has 18 heavy (non-hydrogen) atoms. The number of aromatic nitrogens is 1. The second kappa shape index (κ2) is 4.41. The van der Waals surface area contributed by atoms with Gasteiger partial charge < -0.3 is 4.74 Å². The van der Waals surface area contributed by atoms with E-state index < -0.39 is 0 Å². The maximum atomic E-state index is 11.6. The standard InChI is InChI=1S/C15H15NO2/c1-10-5-6-12-3-2-4-14(15(12)16-10)18-9-13(17)11-7-8-11/h2-6,11H,7-9H2,1H3. The summed E-state index contributed by atoms with van der Waals surface area (Å²) in [4.78, 5) is 16.1. The van der Waals surface area contributed by atoms with Crippen molar-refractivity contribution in [2.45, 2.75) is 19.8 Å². The molecule has 1 fully saturated rings. The summed E-state index contributed by atoms with van der Waals surface area (Å²) in [6.07, 6.45) is 2.05. The fraction of sp³-hybridized carbons (Fsp3) is 0.333. The number of para-hydroxylation sites is 1. The lowest BCUT2D eigenvalue weighted by atomic mass is 10.2. The van der Waals surface area contributed by atoms with Crippen molar-refractivity contribution in [1.29, 1.82) is 0 Å². The van der Waals surface area contributed by atoms with Crippen molar-refractivity contribution >= 4 is 16.7 Å². The van der Waals surface area contributed by atoms with Gasteiger partial charge in [-0.15, -0.1) is 0 Å². The molecule has 1 saturated carbocycles. The summed E-state index contributed by atoms with van der Waals surface area (Å²) in [6.45, 7) is 2.12. The van der Waals surface area contributed by atoms with E-state index in [1.165, 1.54) is 0 Å². The number of ether oxygens (including phenoxy) is 1. The molecular formula is C15H15NO2. The van der Waals surface area contributed by atoms with E-state index in [4.69, 9.17) is 4.74 Å². The third kappa shape index (κ3) is 2.21. The lowest BCUT2D eigenvalue weighted by Crippen LogP contribution is -2.13. The van der Waals surface area contributed by atoms with E-state index in [2.05, 4.69) is 4.98 Å². The molecule has 0 radical (unpaired) electrons. The van der Waals surface area contributed by atoms with Gasteiger partial charge in [0.25, 0.3) is 0 Å². The van der Waals surface area contributed by atoms with Gasteiger partial charge in [0.15, 0.2) is 5.78 Å². The van der Waals surface area contributed by atoms with Crippen LogP contribution in [0.25, 0.3) is 10.9 Å². The smallest absolute Gasteiger partial charge is 0.173 e. The maximum Gasteiger partial charge on any atom is 0.173 e. The fourth-order valence-electron chi connectivity index (χ4n) is 2.01. The van der Waals surface area contributed by atoms with Crippen LogP contribution < -0.4 is 4.74 Å². The van der Waals surface area contributed by atoms with Crippen LogP contribution in [-0.2, 0) is 4.79 Å². The van der Waals surface area contributed by atoms with Crippen LogP contribution in [0.3, 0.4) is 0 Å². The van der Waals surface area contributed by atoms with Crippen molar-refractivity contribution in [2.24, 2.45) is 5.92 Å². The minimum atomic E-state index is 0.166. The molecular weight excluding hydrogens is 226 g/mol. The highest BCUT2D eigenvalue weighted by Crippen LogP contribution is 2.30. The van der Waals surface area contributed by atoms with Gasteiger partial charge in [-0.3, -0.25) is 4.79 Å². The first kappa shape index (κ1) is 11.2. The third-order valence-corrected chi connectivity index (χ3v) is 3.23. The molecule has 1 aliphatic carbocycles. The lowest BCUT2D eigenvalue weighted by Gasteiger charge is -2.08. The van der Waals surface area contributed by atoms with Crippen LogP contribution in [0.4, 0.5) is 0 Å². The molecule has 2 aromatic rings.